The summed E-state index contributed by atoms with van der Waals surface area (Å²) in [6, 6.07) is 8.34. The van der Waals surface area contributed by atoms with Crippen LogP contribution in [-0.2, 0) is 4.74 Å². The number of alkyl halides is 2. The molecule has 1 aromatic carbocycles. The van der Waals surface area contributed by atoms with Crippen LogP contribution >= 0.6 is 0 Å². The van der Waals surface area contributed by atoms with Gasteiger partial charge in [-0.25, -0.2) is 8.78 Å². The molecule has 21 heavy (non-hydrogen) atoms. The molecule has 0 amide bonds. The predicted molar refractivity (Wildman–Crippen MR) is 80.6 cm³/mol. The maximum Gasteiger partial charge on any atom is 0.261 e. The lowest BCUT2D eigenvalue weighted by Gasteiger charge is -2.22. The normalized spacial score (nSPS) is 18.1. The molecule has 1 fully saturated rings. The first kappa shape index (κ1) is 16.4. The highest BCUT2D eigenvalue weighted by atomic mass is 19.3. The van der Waals surface area contributed by atoms with Crippen LogP contribution in [0, 0.1) is 0 Å². The van der Waals surface area contributed by atoms with E-state index < -0.39 is 13.0 Å². The van der Waals surface area contributed by atoms with Crippen LogP contribution in [0.1, 0.15) is 61.6 Å². The van der Waals surface area contributed by atoms with Gasteiger partial charge in [-0.1, -0.05) is 43.5 Å². The van der Waals surface area contributed by atoms with Crippen molar-refractivity contribution in [2.45, 2.75) is 56.9 Å². The summed E-state index contributed by atoms with van der Waals surface area (Å²) in [6.07, 6.45) is 4.74. The van der Waals surface area contributed by atoms with Gasteiger partial charge in [-0.3, -0.25) is 0 Å². The van der Waals surface area contributed by atoms with Gasteiger partial charge in [-0.2, -0.15) is 0 Å². The first-order valence-corrected chi connectivity index (χ1v) is 7.88. The monoisotopic (exact) mass is 297 g/mol. The number of hydrogen-bond acceptors (Lipinski definition) is 2. The van der Waals surface area contributed by atoms with Crippen molar-refractivity contribution >= 4 is 0 Å². The van der Waals surface area contributed by atoms with Gasteiger partial charge in [-0.05, 0) is 36.3 Å². The third-order valence-electron chi connectivity index (χ3n) is 4.26. The van der Waals surface area contributed by atoms with Gasteiger partial charge in [0.15, 0.2) is 0 Å². The van der Waals surface area contributed by atoms with E-state index in [9.17, 15) is 8.78 Å². The molecule has 2 N–H and O–H groups in total. The number of nitrogens with two attached hydrogens (primary N) is 1. The van der Waals surface area contributed by atoms with Crippen LogP contribution in [0.2, 0.25) is 0 Å². The van der Waals surface area contributed by atoms with Gasteiger partial charge in [0, 0.05) is 12.6 Å². The second-order valence-corrected chi connectivity index (χ2v) is 5.86. The average molecular weight is 297 g/mol. The first-order valence-electron chi connectivity index (χ1n) is 7.88. The summed E-state index contributed by atoms with van der Waals surface area (Å²) in [5.74, 6) is 0.693. The predicted octanol–water partition coefficient (Wildman–Crippen LogP) is 4.41. The van der Waals surface area contributed by atoms with E-state index in [0.717, 1.165) is 5.56 Å². The summed E-state index contributed by atoms with van der Waals surface area (Å²) in [6.45, 7) is -0.233. The van der Waals surface area contributed by atoms with Crippen molar-refractivity contribution in [1.29, 1.82) is 0 Å². The van der Waals surface area contributed by atoms with Crippen molar-refractivity contribution in [3.05, 3.63) is 35.4 Å². The van der Waals surface area contributed by atoms with Crippen LogP contribution in [0.4, 0.5) is 8.78 Å². The highest BCUT2D eigenvalue weighted by molar-refractivity contribution is 5.27. The van der Waals surface area contributed by atoms with Gasteiger partial charge in [0.25, 0.3) is 6.43 Å². The highest BCUT2D eigenvalue weighted by Gasteiger charge is 2.15. The molecular formula is C17H25F2NO. The maximum atomic E-state index is 11.9. The summed E-state index contributed by atoms with van der Waals surface area (Å²) in [5.41, 5.74) is 8.53. The van der Waals surface area contributed by atoms with Crippen LogP contribution in [0.3, 0.4) is 0 Å². The molecule has 2 nitrogen and oxygen atoms in total. The number of benzene rings is 1. The quantitative estimate of drug-likeness (QED) is 0.757. The number of rotatable bonds is 7. The zero-order valence-corrected chi connectivity index (χ0v) is 12.4. The summed E-state index contributed by atoms with van der Waals surface area (Å²) in [7, 11) is 0. The summed E-state index contributed by atoms with van der Waals surface area (Å²) in [5, 5.41) is 0. The van der Waals surface area contributed by atoms with Gasteiger partial charge in [0.2, 0.25) is 0 Å². The van der Waals surface area contributed by atoms with Crippen molar-refractivity contribution in [2.24, 2.45) is 5.73 Å². The fourth-order valence-electron chi connectivity index (χ4n) is 3.00. The van der Waals surface area contributed by atoms with Crippen molar-refractivity contribution in [3.8, 4) is 0 Å². The Labute approximate surface area is 125 Å². The van der Waals surface area contributed by atoms with Crippen molar-refractivity contribution in [3.63, 3.8) is 0 Å². The lowest BCUT2D eigenvalue weighted by molar-refractivity contribution is 0.0152. The Hall–Kier alpha value is -1.00. The van der Waals surface area contributed by atoms with E-state index in [2.05, 4.69) is 24.3 Å². The fourth-order valence-corrected chi connectivity index (χ4v) is 3.00. The minimum Gasteiger partial charge on any atom is -0.375 e. The zero-order chi connectivity index (χ0) is 15.1. The molecule has 0 heterocycles. The maximum absolute atomic E-state index is 11.9. The highest BCUT2D eigenvalue weighted by Crippen LogP contribution is 2.33. The molecule has 118 valence electrons. The van der Waals surface area contributed by atoms with Crippen LogP contribution in [-0.4, -0.2) is 19.6 Å². The topological polar surface area (TPSA) is 35.2 Å². The number of hydrogen-bond donors (Lipinski definition) is 1. The lowest BCUT2D eigenvalue weighted by Crippen LogP contribution is -2.15. The average Bonchev–Trinajstić information content (AvgIpc) is 2.52. The molecule has 1 aliphatic carbocycles. The van der Waals surface area contributed by atoms with E-state index in [-0.39, 0.29) is 12.6 Å². The van der Waals surface area contributed by atoms with E-state index in [4.69, 9.17) is 10.5 Å². The van der Waals surface area contributed by atoms with Gasteiger partial charge >= 0.3 is 0 Å². The number of halogens is 2. The molecule has 1 unspecified atom stereocenters. The van der Waals surface area contributed by atoms with Crippen LogP contribution in [0.15, 0.2) is 24.3 Å². The Bertz CT molecular complexity index is 402. The van der Waals surface area contributed by atoms with Crippen molar-refractivity contribution < 1.29 is 13.5 Å². The molecule has 1 saturated carbocycles. The Morgan fingerprint density at radius 2 is 1.76 bits per heavy atom. The molecule has 0 spiro atoms. The van der Waals surface area contributed by atoms with Gasteiger partial charge in [0.1, 0.15) is 6.61 Å². The van der Waals surface area contributed by atoms with Crippen LogP contribution in [0.25, 0.3) is 0 Å². The lowest BCUT2D eigenvalue weighted by atomic mass is 9.83. The zero-order valence-electron chi connectivity index (χ0n) is 12.4. The number of ether oxygens (including phenoxy) is 1. The molecule has 1 atom stereocenters. The molecule has 0 radical (unpaired) electrons. The summed E-state index contributed by atoms with van der Waals surface area (Å²) in [4.78, 5) is 0. The molecule has 0 bridgehead atoms. The molecule has 0 saturated heterocycles. The minimum absolute atomic E-state index is 0.150. The SMILES string of the molecule is NC(CCOCC(F)F)c1ccc(C2CCCCC2)cc1. The second kappa shape index (κ2) is 8.44. The standard InChI is InChI=1S/C17H25F2NO/c18-17(19)12-21-11-10-16(20)15-8-6-14(7-9-15)13-4-2-1-3-5-13/h6-9,13,16-17H,1-5,10-12,20H2. The third kappa shape index (κ3) is 5.36. The molecule has 1 aromatic rings. The van der Waals surface area contributed by atoms with Crippen LogP contribution in [0.5, 0.6) is 0 Å². The smallest absolute Gasteiger partial charge is 0.261 e. The van der Waals surface area contributed by atoms with E-state index in [0.29, 0.717) is 12.3 Å². The van der Waals surface area contributed by atoms with Crippen molar-refractivity contribution in [2.75, 3.05) is 13.2 Å². The summed E-state index contributed by atoms with van der Waals surface area (Å²) >= 11 is 0. The van der Waals surface area contributed by atoms with E-state index >= 15 is 0 Å². The first-order chi connectivity index (χ1) is 10.2. The fraction of sp³-hybridized carbons (Fsp3) is 0.647. The summed E-state index contributed by atoms with van der Waals surface area (Å²) < 4.78 is 28.8. The Balaban J connectivity index is 1.80. The molecule has 0 aromatic heterocycles. The third-order valence-corrected chi connectivity index (χ3v) is 4.26. The van der Waals surface area contributed by atoms with Gasteiger partial charge in [-0.15, -0.1) is 0 Å². The van der Waals surface area contributed by atoms with E-state index in [1.165, 1.54) is 37.7 Å². The molecule has 1 aliphatic rings. The van der Waals surface area contributed by atoms with E-state index in [1.54, 1.807) is 0 Å². The Morgan fingerprint density at radius 3 is 2.38 bits per heavy atom. The van der Waals surface area contributed by atoms with Crippen molar-refractivity contribution in [1.82, 2.24) is 0 Å². The molecular weight excluding hydrogens is 272 g/mol. The minimum atomic E-state index is -2.41. The second-order valence-electron chi connectivity index (χ2n) is 5.86. The largest absolute Gasteiger partial charge is 0.375 e. The Morgan fingerprint density at radius 1 is 1.10 bits per heavy atom. The van der Waals surface area contributed by atoms with Crippen LogP contribution < -0.4 is 5.73 Å². The molecule has 0 aliphatic heterocycles. The molecule has 2 rings (SSSR count). The van der Waals surface area contributed by atoms with Gasteiger partial charge in [0.05, 0.1) is 0 Å². The Kier molecular flexibility index (Phi) is 6.58. The van der Waals surface area contributed by atoms with Gasteiger partial charge < -0.3 is 10.5 Å². The molecule has 4 heteroatoms. The van der Waals surface area contributed by atoms with E-state index in [1.807, 2.05) is 0 Å².